The van der Waals surface area contributed by atoms with Gasteiger partial charge in [0.2, 0.25) is 0 Å². The molecule has 2 aliphatic rings. The SMILES string of the molecule is CC(C)C1=CC(c2ccccc2)C(C(=O)O)=C(CCN2C(=O)c3ccccc3C2=O)N1. The number of carbonyl (C=O) groups is 3. The highest BCUT2D eigenvalue weighted by atomic mass is 16.4. The Balaban J connectivity index is 1.66. The molecule has 158 valence electrons. The first kappa shape index (κ1) is 20.6. The van der Waals surface area contributed by atoms with Crippen molar-refractivity contribution in [2.24, 2.45) is 5.92 Å². The summed E-state index contributed by atoms with van der Waals surface area (Å²) in [5.41, 5.74) is 3.37. The maximum atomic E-state index is 12.7. The molecule has 6 nitrogen and oxygen atoms in total. The molecule has 4 rings (SSSR count). The topological polar surface area (TPSA) is 86.7 Å². The summed E-state index contributed by atoms with van der Waals surface area (Å²) in [6.45, 7) is 4.18. The fourth-order valence-corrected chi connectivity index (χ4v) is 4.12. The van der Waals surface area contributed by atoms with Gasteiger partial charge in [0, 0.05) is 30.3 Å². The van der Waals surface area contributed by atoms with Crippen LogP contribution in [0.1, 0.15) is 52.5 Å². The number of aliphatic carboxylic acids is 1. The lowest BCUT2D eigenvalue weighted by atomic mass is 9.84. The van der Waals surface area contributed by atoms with Crippen molar-refractivity contribution >= 4 is 17.8 Å². The van der Waals surface area contributed by atoms with Gasteiger partial charge in [0.05, 0.1) is 16.7 Å². The van der Waals surface area contributed by atoms with Crippen molar-refractivity contribution in [2.45, 2.75) is 26.2 Å². The highest BCUT2D eigenvalue weighted by Crippen LogP contribution is 2.35. The fraction of sp³-hybridized carbons (Fsp3) is 0.240. The van der Waals surface area contributed by atoms with Crippen molar-refractivity contribution in [1.29, 1.82) is 0 Å². The molecule has 2 amide bonds. The second-order valence-corrected chi connectivity index (χ2v) is 8.04. The maximum absolute atomic E-state index is 12.7. The maximum Gasteiger partial charge on any atom is 0.334 e. The summed E-state index contributed by atoms with van der Waals surface area (Å²) in [7, 11) is 0. The number of imide groups is 1. The molecular weight excluding hydrogens is 392 g/mol. The van der Waals surface area contributed by atoms with Crippen molar-refractivity contribution in [3.8, 4) is 0 Å². The van der Waals surface area contributed by atoms with E-state index in [1.165, 1.54) is 4.90 Å². The third-order valence-electron chi connectivity index (χ3n) is 5.75. The molecule has 2 heterocycles. The van der Waals surface area contributed by atoms with E-state index in [-0.39, 0.29) is 36.3 Å². The number of carbonyl (C=O) groups excluding carboxylic acids is 2. The van der Waals surface area contributed by atoms with Gasteiger partial charge in [-0.2, -0.15) is 0 Å². The first-order valence-corrected chi connectivity index (χ1v) is 10.3. The molecule has 0 saturated carbocycles. The Morgan fingerprint density at radius 3 is 2.13 bits per heavy atom. The van der Waals surface area contributed by atoms with Gasteiger partial charge in [0.25, 0.3) is 11.8 Å². The van der Waals surface area contributed by atoms with Gasteiger partial charge in [-0.05, 0) is 23.6 Å². The van der Waals surface area contributed by atoms with Crippen molar-refractivity contribution in [2.75, 3.05) is 6.54 Å². The second-order valence-electron chi connectivity index (χ2n) is 8.04. The third kappa shape index (κ3) is 3.77. The van der Waals surface area contributed by atoms with Crippen LogP contribution in [0, 0.1) is 5.92 Å². The number of carboxylic acids is 1. The Hall–Kier alpha value is -3.67. The molecule has 2 N–H and O–H groups in total. The van der Waals surface area contributed by atoms with Crippen molar-refractivity contribution < 1.29 is 19.5 Å². The second kappa shape index (κ2) is 8.22. The lowest BCUT2D eigenvalue weighted by Gasteiger charge is -2.30. The monoisotopic (exact) mass is 416 g/mol. The molecule has 0 spiro atoms. The van der Waals surface area contributed by atoms with Gasteiger partial charge in [-0.15, -0.1) is 0 Å². The predicted octanol–water partition coefficient (Wildman–Crippen LogP) is 3.94. The van der Waals surface area contributed by atoms with E-state index in [0.717, 1.165) is 11.3 Å². The van der Waals surface area contributed by atoms with Crippen molar-refractivity contribution in [3.05, 3.63) is 94.3 Å². The molecule has 0 saturated heterocycles. The molecule has 0 aromatic heterocycles. The molecular formula is C25H24N2O4. The zero-order valence-corrected chi connectivity index (χ0v) is 17.5. The molecule has 2 aliphatic heterocycles. The summed E-state index contributed by atoms with van der Waals surface area (Å²) in [5, 5.41) is 13.3. The highest BCUT2D eigenvalue weighted by Gasteiger charge is 2.36. The van der Waals surface area contributed by atoms with Crippen LogP contribution in [-0.4, -0.2) is 34.3 Å². The van der Waals surface area contributed by atoms with E-state index in [2.05, 4.69) is 5.32 Å². The van der Waals surface area contributed by atoms with Crippen LogP contribution in [0.2, 0.25) is 0 Å². The quantitative estimate of drug-likeness (QED) is 0.697. The smallest absolute Gasteiger partial charge is 0.334 e. The Morgan fingerprint density at radius 1 is 1.00 bits per heavy atom. The van der Waals surface area contributed by atoms with Gasteiger partial charge in [-0.1, -0.05) is 62.4 Å². The normalized spacial score (nSPS) is 18.2. The first-order valence-electron chi connectivity index (χ1n) is 10.3. The van der Waals surface area contributed by atoms with Gasteiger partial charge >= 0.3 is 5.97 Å². The number of benzene rings is 2. The van der Waals surface area contributed by atoms with Crippen LogP contribution in [0.15, 0.2) is 77.6 Å². The molecule has 1 atom stereocenters. The summed E-state index contributed by atoms with van der Waals surface area (Å²) in [6, 6.07) is 16.2. The number of dihydropyridines is 1. The number of nitrogens with zero attached hydrogens (tertiary/aromatic N) is 1. The minimum Gasteiger partial charge on any atom is -0.478 e. The zero-order chi connectivity index (χ0) is 22.1. The molecule has 0 bridgehead atoms. The lowest BCUT2D eigenvalue weighted by molar-refractivity contribution is -0.133. The Bertz CT molecular complexity index is 1080. The number of allylic oxidation sites excluding steroid dienone is 2. The molecule has 0 fully saturated rings. The summed E-state index contributed by atoms with van der Waals surface area (Å²) < 4.78 is 0. The number of hydrogen-bond acceptors (Lipinski definition) is 4. The number of fused-ring (bicyclic) bond motifs is 1. The van der Waals surface area contributed by atoms with Crippen LogP contribution in [-0.2, 0) is 4.79 Å². The average molecular weight is 416 g/mol. The van der Waals surface area contributed by atoms with E-state index in [0.29, 0.717) is 16.8 Å². The minimum atomic E-state index is -1.02. The van der Waals surface area contributed by atoms with Crippen LogP contribution in [0.4, 0.5) is 0 Å². The Labute approximate surface area is 180 Å². The largest absolute Gasteiger partial charge is 0.478 e. The summed E-state index contributed by atoms with van der Waals surface area (Å²) in [5.74, 6) is -1.94. The van der Waals surface area contributed by atoms with E-state index in [1.54, 1.807) is 24.3 Å². The van der Waals surface area contributed by atoms with Gasteiger partial charge in [-0.3, -0.25) is 14.5 Å². The van der Waals surface area contributed by atoms with Crippen LogP contribution in [0.25, 0.3) is 0 Å². The Kier molecular flexibility index (Phi) is 5.46. The van der Waals surface area contributed by atoms with E-state index < -0.39 is 11.9 Å². The van der Waals surface area contributed by atoms with Gasteiger partial charge in [0.15, 0.2) is 0 Å². The van der Waals surface area contributed by atoms with Crippen molar-refractivity contribution in [1.82, 2.24) is 10.2 Å². The third-order valence-corrected chi connectivity index (χ3v) is 5.75. The predicted molar refractivity (Wildman–Crippen MR) is 116 cm³/mol. The average Bonchev–Trinajstić information content (AvgIpc) is 3.02. The van der Waals surface area contributed by atoms with E-state index in [4.69, 9.17) is 0 Å². The molecule has 0 aliphatic carbocycles. The molecule has 31 heavy (non-hydrogen) atoms. The standard InChI is InChI=1S/C25H24N2O4/c1-15(2)21-14-19(16-8-4-3-5-9-16)22(25(30)31)20(26-21)12-13-27-23(28)17-10-6-7-11-18(17)24(27)29/h3-11,14-15,19,26H,12-13H2,1-2H3,(H,30,31). The fourth-order valence-electron chi connectivity index (χ4n) is 4.12. The zero-order valence-electron chi connectivity index (χ0n) is 17.5. The van der Waals surface area contributed by atoms with Crippen LogP contribution < -0.4 is 5.32 Å². The number of amides is 2. The van der Waals surface area contributed by atoms with Gasteiger partial charge in [0.1, 0.15) is 0 Å². The van der Waals surface area contributed by atoms with Crippen LogP contribution in [0.5, 0.6) is 0 Å². The van der Waals surface area contributed by atoms with E-state index >= 15 is 0 Å². The first-order chi connectivity index (χ1) is 14.9. The molecule has 0 radical (unpaired) electrons. The highest BCUT2D eigenvalue weighted by molar-refractivity contribution is 6.21. The summed E-state index contributed by atoms with van der Waals surface area (Å²) in [4.78, 5) is 38.8. The molecule has 1 unspecified atom stereocenters. The summed E-state index contributed by atoms with van der Waals surface area (Å²) >= 11 is 0. The minimum absolute atomic E-state index is 0.109. The van der Waals surface area contributed by atoms with Crippen LogP contribution in [0.3, 0.4) is 0 Å². The van der Waals surface area contributed by atoms with Crippen molar-refractivity contribution in [3.63, 3.8) is 0 Å². The van der Waals surface area contributed by atoms with Gasteiger partial charge < -0.3 is 10.4 Å². The lowest BCUT2D eigenvalue weighted by Crippen LogP contribution is -2.34. The number of carboxylic acid groups (broad SMARTS) is 1. The molecule has 2 aromatic carbocycles. The van der Waals surface area contributed by atoms with E-state index in [1.807, 2.05) is 50.3 Å². The van der Waals surface area contributed by atoms with E-state index in [9.17, 15) is 19.5 Å². The molecule has 2 aromatic rings. The molecule has 6 heteroatoms. The summed E-state index contributed by atoms with van der Waals surface area (Å²) in [6.07, 6.45) is 2.19. The number of nitrogens with one attached hydrogen (secondary N) is 1. The number of rotatable bonds is 6. The Morgan fingerprint density at radius 2 is 1.58 bits per heavy atom. The van der Waals surface area contributed by atoms with Gasteiger partial charge in [-0.25, -0.2) is 4.79 Å². The number of hydrogen-bond donors (Lipinski definition) is 2. The van der Waals surface area contributed by atoms with Crippen LogP contribution >= 0.6 is 0 Å².